The molecule has 0 saturated carbocycles. The van der Waals surface area contributed by atoms with Gasteiger partial charge in [0.05, 0.1) is 11.6 Å². The van der Waals surface area contributed by atoms with E-state index in [0.29, 0.717) is 34.2 Å². The van der Waals surface area contributed by atoms with Gasteiger partial charge in [-0.1, -0.05) is 29.9 Å². The lowest BCUT2D eigenvalue weighted by Crippen LogP contribution is -2.05. The summed E-state index contributed by atoms with van der Waals surface area (Å²) in [6.45, 7) is 2.14. The van der Waals surface area contributed by atoms with Crippen LogP contribution in [0.25, 0.3) is 0 Å². The summed E-state index contributed by atoms with van der Waals surface area (Å²) in [5.41, 5.74) is 1.14. The zero-order chi connectivity index (χ0) is 17.5. The van der Waals surface area contributed by atoms with E-state index < -0.39 is 0 Å². The number of hydrogen-bond acceptors (Lipinski definition) is 5. The number of hydrogen-bond donors (Lipinski definition) is 1. The smallest absolute Gasteiger partial charge is 0.306 e. The average molecular weight is 363 g/mol. The Kier molecular flexibility index (Phi) is 6.36. The molecule has 1 N–H and O–H groups in total. The van der Waals surface area contributed by atoms with Crippen LogP contribution in [0.3, 0.4) is 0 Å². The lowest BCUT2D eigenvalue weighted by atomic mass is 10.1. The Morgan fingerprint density at radius 2 is 2.17 bits per heavy atom. The Hall–Kier alpha value is -2.36. The first-order valence-corrected chi connectivity index (χ1v) is 8.07. The van der Waals surface area contributed by atoms with Gasteiger partial charge in [0.15, 0.2) is 0 Å². The van der Waals surface area contributed by atoms with E-state index in [0.717, 1.165) is 5.56 Å². The Morgan fingerprint density at radius 3 is 2.83 bits per heavy atom. The second-order valence-corrected chi connectivity index (χ2v) is 5.65. The van der Waals surface area contributed by atoms with Crippen molar-refractivity contribution in [1.29, 1.82) is 5.26 Å². The molecule has 0 saturated heterocycles. The molecule has 0 fully saturated rings. The van der Waals surface area contributed by atoms with Gasteiger partial charge in [0, 0.05) is 12.6 Å². The number of esters is 1. The largest absolute Gasteiger partial charge is 0.466 e. The van der Waals surface area contributed by atoms with Gasteiger partial charge in [-0.25, -0.2) is 0 Å². The van der Waals surface area contributed by atoms with Gasteiger partial charge in [-0.2, -0.15) is 5.26 Å². The maximum absolute atomic E-state index is 11.4. The minimum absolute atomic E-state index is 0.244. The highest BCUT2D eigenvalue weighted by Crippen LogP contribution is 2.32. The molecule has 0 amide bonds. The minimum Gasteiger partial charge on any atom is -0.466 e. The van der Waals surface area contributed by atoms with E-state index in [1.165, 1.54) is 0 Å². The molecule has 2 rings (SSSR count). The van der Waals surface area contributed by atoms with Crippen molar-refractivity contribution >= 4 is 29.8 Å². The predicted molar refractivity (Wildman–Crippen MR) is 92.8 cm³/mol. The van der Waals surface area contributed by atoms with Crippen molar-refractivity contribution in [1.82, 2.24) is 4.98 Å². The van der Waals surface area contributed by atoms with Gasteiger partial charge in [0.1, 0.15) is 27.8 Å². The molecule has 1 heterocycles. The van der Waals surface area contributed by atoms with Gasteiger partial charge in [0.2, 0.25) is 0 Å². The number of aromatic amines is 1. The molecule has 0 atom stereocenters. The topological polar surface area (TPSA) is 75.1 Å². The van der Waals surface area contributed by atoms with Crippen molar-refractivity contribution in [2.75, 3.05) is 6.61 Å². The lowest BCUT2D eigenvalue weighted by Gasteiger charge is -2.10. The lowest BCUT2D eigenvalue weighted by molar-refractivity contribution is -0.143. The fourth-order valence-corrected chi connectivity index (χ4v) is 2.49. The number of pyridine rings is 1. The quantitative estimate of drug-likeness (QED) is 0.602. The summed E-state index contributed by atoms with van der Waals surface area (Å²) in [5.74, 6) is 0.502. The summed E-state index contributed by atoms with van der Waals surface area (Å²) in [6.07, 6.45) is 2.41. The normalized spacial score (nSPS) is 10.0. The highest BCUT2D eigenvalue weighted by atomic mass is 35.5. The van der Waals surface area contributed by atoms with Crippen molar-refractivity contribution in [3.05, 3.63) is 51.3 Å². The molecule has 0 aliphatic heterocycles. The van der Waals surface area contributed by atoms with E-state index in [1.54, 1.807) is 31.3 Å². The van der Waals surface area contributed by atoms with E-state index in [-0.39, 0.29) is 18.0 Å². The van der Waals surface area contributed by atoms with Crippen LogP contribution < -0.4 is 4.74 Å². The molecule has 0 radical (unpaired) electrons. The van der Waals surface area contributed by atoms with Crippen LogP contribution in [0.15, 0.2) is 30.5 Å². The average Bonchev–Trinajstić information content (AvgIpc) is 2.56. The van der Waals surface area contributed by atoms with E-state index in [1.807, 2.05) is 12.1 Å². The van der Waals surface area contributed by atoms with Crippen LogP contribution in [0.4, 0.5) is 0 Å². The number of aromatic nitrogens is 1. The van der Waals surface area contributed by atoms with Gasteiger partial charge in [-0.3, -0.25) is 4.79 Å². The fourth-order valence-electron chi connectivity index (χ4n) is 2.03. The molecule has 0 aliphatic carbocycles. The Bertz CT molecular complexity index is 842. The van der Waals surface area contributed by atoms with Crippen molar-refractivity contribution < 1.29 is 14.3 Å². The van der Waals surface area contributed by atoms with Gasteiger partial charge >= 0.3 is 5.97 Å². The first-order chi connectivity index (χ1) is 11.5. The molecule has 0 spiro atoms. The number of nitrogens with one attached hydrogen (secondary N) is 1. The summed E-state index contributed by atoms with van der Waals surface area (Å²) in [5, 5.41) is 9.55. The second-order valence-electron chi connectivity index (χ2n) is 4.83. The standard InChI is InChI=1S/C17H15ClN2O3S/c1-2-22-16(21)6-4-11-3-5-15(13(18)9-11)23-14-7-8-20-17(24)12(14)10-19/h3,5,7-9H,2,4,6H2,1H3,(H,20,24). The number of benzene rings is 1. The number of rotatable bonds is 6. The number of aryl methyl sites for hydroxylation is 1. The molecule has 0 bridgehead atoms. The molecule has 5 nitrogen and oxygen atoms in total. The van der Waals surface area contributed by atoms with Crippen molar-refractivity contribution in [3.8, 4) is 17.6 Å². The minimum atomic E-state index is -0.244. The summed E-state index contributed by atoms with van der Waals surface area (Å²) in [7, 11) is 0. The number of carbonyl (C=O) groups is 1. The van der Waals surface area contributed by atoms with Gasteiger partial charge in [-0.05, 0) is 37.1 Å². The maximum Gasteiger partial charge on any atom is 0.306 e. The summed E-state index contributed by atoms with van der Waals surface area (Å²) in [6, 6.07) is 8.86. The van der Waals surface area contributed by atoms with Crippen LogP contribution in [-0.2, 0) is 16.0 Å². The molecule has 2 aromatic rings. The first kappa shape index (κ1) is 18.0. The Labute approximate surface area is 149 Å². The van der Waals surface area contributed by atoms with Crippen molar-refractivity contribution in [2.45, 2.75) is 19.8 Å². The fraction of sp³-hybridized carbons (Fsp3) is 0.235. The number of carbonyl (C=O) groups excluding carboxylic acids is 1. The van der Waals surface area contributed by atoms with Crippen LogP contribution in [-0.4, -0.2) is 17.6 Å². The van der Waals surface area contributed by atoms with Crippen LogP contribution >= 0.6 is 23.8 Å². The molecule has 1 aromatic carbocycles. The van der Waals surface area contributed by atoms with Gasteiger partial charge in [-0.15, -0.1) is 0 Å². The Morgan fingerprint density at radius 1 is 1.38 bits per heavy atom. The SMILES string of the molecule is CCOC(=O)CCc1ccc(Oc2cc[nH]c(=S)c2C#N)c(Cl)c1. The van der Waals surface area contributed by atoms with E-state index in [2.05, 4.69) is 4.98 Å². The highest BCUT2D eigenvalue weighted by Gasteiger charge is 2.10. The molecule has 24 heavy (non-hydrogen) atoms. The van der Waals surface area contributed by atoms with Gasteiger partial charge in [0.25, 0.3) is 0 Å². The number of H-pyrrole nitrogens is 1. The summed E-state index contributed by atoms with van der Waals surface area (Å²) < 4.78 is 10.9. The monoisotopic (exact) mass is 362 g/mol. The zero-order valence-electron chi connectivity index (χ0n) is 13.0. The predicted octanol–water partition coefficient (Wildman–Crippen LogP) is 4.56. The second kappa shape index (κ2) is 8.48. The number of nitrogens with zero attached hydrogens (tertiary/aromatic N) is 1. The highest BCUT2D eigenvalue weighted by molar-refractivity contribution is 7.71. The van der Waals surface area contributed by atoms with E-state index >= 15 is 0 Å². The van der Waals surface area contributed by atoms with E-state index in [9.17, 15) is 4.79 Å². The molecular weight excluding hydrogens is 348 g/mol. The third-order valence-corrected chi connectivity index (χ3v) is 3.79. The van der Waals surface area contributed by atoms with Crippen molar-refractivity contribution in [3.63, 3.8) is 0 Å². The summed E-state index contributed by atoms with van der Waals surface area (Å²) >= 11 is 11.3. The molecule has 0 unspecified atom stereocenters. The van der Waals surface area contributed by atoms with Crippen LogP contribution in [0, 0.1) is 16.0 Å². The van der Waals surface area contributed by atoms with Crippen LogP contribution in [0.5, 0.6) is 11.5 Å². The maximum atomic E-state index is 11.4. The molecule has 124 valence electrons. The third-order valence-electron chi connectivity index (χ3n) is 3.17. The van der Waals surface area contributed by atoms with E-state index in [4.69, 9.17) is 38.6 Å². The van der Waals surface area contributed by atoms with Crippen LogP contribution in [0.1, 0.15) is 24.5 Å². The van der Waals surface area contributed by atoms with Crippen molar-refractivity contribution in [2.24, 2.45) is 0 Å². The molecule has 7 heteroatoms. The zero-order valence-corrected chi connectivity index (χ0v) is 14.5. The number of halogens is 1. The Balaban J connectivity index is 2.14. The number of ether oxygens (including phenoxy) is 2. The molecule has 1 aromatic heterocycles. The summed E-state index contributed by atoms with van der Waals surface area (Å²) in [4.78, 5) is 14.2. The molecular formula is C17H15ClN2O3S. The third kappa shape index (κ3) is 4.57. The first-order valence-electron chi connectivity index (χ1n) is 7.28. The number of nitriles is 1. The molecule has 0 aliphatic rings. The van der Waals surface area contributed by atoms with Crippen LogP contribution in [0.2, 0.25) is 5.02 Å². The van der Waals surface area contributed by atoms with Gasteiger partial charge < -0.3 is 14.5 Å².